The van der Waals surface area contributed by atoms with Gasteiger partial charge >= 0.3 is 12.0 Å². The third-order valence-corrected chi connectivity index (χ3v) is 2.93. The summed E-state index contributed by atoms with van der Waals surface area (Å²) in [7, 11) is 0. The van der Waals surface area contributed by atoms with Crippen LogP contribution in [0.1, 0.15) is 16.2 Å². The number of hydrogen-bond donors (Lipinski definition) is 3. The Morgan fingerprint density at radius 1 is 1.35 bits per heavy atom. The molecule has 0 radical (unpaired) electrons. The zero-order valence-electron chi connectivity index (χ0n) is 10.2. The molecule has 0 spiro atoms. The highest BCUT2D eigenvalue weighted by Crippen LogP contribution is 2.18. The molecule has 0 saturated carbocycles. The molecule has 2 aromatic rings. The highest BCUT2D eigenvalue weighted by molar-refractivity contribution is 7.09. The lowest BCUT2D eigenvalue weighted by atomic mass is 10.2. The molecule has 0 aliphatic carbocycles. The zero-order chi connectivity index (χ0) is 14.7. The molecule has 9 heteroatoms. The van der Waals surface area contributed by atoms with Gasteiger partial charge in [-0.1, -0.05) is 0 Å². The zero-order valence-corrected chi connectivity index (χ0v) is 11.0. The summed E-state index contributed by atoms with van der Waals surface area (Å²) in [6.07, 6.45) is 0. The van der Waals surface area contributed by atoms with E-state index in [4.69, 9.17) is 5.11 Å². The SMILES string of the molecule is Cc1nsc(NC(=O)Nc2cc(F)ccc2C(=O)O)n1. The van der Waals surface area contributed by atoms with Crippen molar-refractivity contribution in [1.29, 1.82) is 0 Å². The molecule has 1 aromatic heterocycles. The number of hydrogen-bond acceptors (Lipinski definition) is 5. The normalized spacial score (nSPS) is 10.1. The predicted octanol–water partition coefficient (Wildman–Crippen LogP) is 2.33. The van der Waals surface area contributed by atoms with E-state index in [1.54, 1.807) is 6.92 Å². The van der Waals surface area contributed by atoms with E-state index in [-0.39, 0.29) is 16.4 Å². The van der Waals surface area contributed by atoms with E-state index in [0.717, 1.165) is 29.7 Å². The smallest absolute Gasteiger partial charge is 0.337 e. The van der Waals surface area contributed by atoms with Gasteiger partial charge in [0.25, 0.3) is 0 Å². The fourth-order valence-corrected chi connectivity index (χ4v) is 1.98. The van der Waals surface area contributed by atoms with Crippen molar-refractivity contribution >= 4 is 34.4 Å². The number of nitrogens with zero attached hydrogens (tertiary/aromatic N) is 2. The van der Waals surface area contributed by atoms with E-state index in [0.29, 0.717) is 5.82 Å². The van der Waals surface area contributed by atoms with Crippen molar-refractivity contribution in [1.82, 2.24) is 9.36 Å². The number of benzene rings is 1. The Labute approximate surface area is 116 Å². The topological polar surface area (TPSA) is 104 Å². The third kappa shape index (κ3) is 3.26. The van der Waals surface area contributed by atoms with Crippen LogP contribution in [0.5, 0.6) is 0 Å². The first kappa shape index (κ1) is 13.9. The van der Waals surface area contributed by atoms with Gasteiger partial charge in [0.2, 0.25) is 5.13 Å². The highest BCUT2D eigenvalue weighted by Gasteiger charge is 2.14. The number of carboxylic acids is 1. The minimum Gasteiger partial charge on any atom is -0.478 e. The van der Waals surface area contributed by atoms with Gasteiger partial charge in [-0.2, -0.15) is 4.37 Å². The number of aryl methyl sites for hydroxylation is 1. The van der Waals surface area contributed by atoms with E-state index in [1.165, 1.54) is 0 Å². The first-order valence-corrected chi connectivity index (χ1v) is 6.14. The number of amides is 2. The fourth-order valence-electron chi connectivity index (χ4n) is 1.40. The van der Waals surface area contributed by atoms with Crippen molar-refractivity contribution < 1.29 is 19.1 Å². The van der Waals surface area contributed by atoms with E-state index >= 15 is 0 Å². The summed E-state index contributed by atoms with van der Waals surface area (Å²) in [5, 5.41) is 13.8. The van der Waals surface area contributed by atoms with E-state index in [2.05, 4.69) is 20.0 Å². The molecule has 0 saturated heterocycles. The van der Waals surface area contributed by atoms with Crippen LogP contribution in [-0.4, -0.2) is 26.5 Å². The summed E-state index contributed by atoms with van der Waals surface area (Å²) < 4.78 is 17.0. The van der Waals surface area contributed by atoms with Crippen molar-refractivity contribution in [2.45, 2.75) is 6.92 Å². The number of aromatic carboxylic acids is 1. The maximum Gasteiger partial charge on any atom is 0.337 e. The molecule has 0 aliphatic heterocycles. The molecule has 7 nitrogen and oxygen atoms in total. The maximum atomic E-state index is 13.1. The van der Waals surface area contributed by atoms with Crippen LogP contribution in [0, 0.1) is 12.7 Å². The average Bonchev–Trinajstić information content (AvgIpc) is 2.74. The van der Waals surface area contributed by atoms with Crippen LogP contribution in [0.25, 0.3) is 0 Å². The van der Waals surface area contributed by atoms with Crippen molar-refractivity contribution in [3.8, 4) is 0 Å². The molecule has 20 heavy (non-hydrogen) atoms. The first-order valence-electron chi connectivity index (χ1n) is 5.37. The Hall–Kier alpha value is -2.55. The number of urea groups is 1. The summed E-state index contributed by atoms with van der Waals surface area (Å²) in [6, 6.07) is 2.27. The van der Waals surface area contributed by atoms with Gasteiger partial charge in [-0.25, -0.2) is 19.0 Å². The molecular weight excluding hydrogens is 287 g/mol. The number of carbonyl (C=O) groups excluding carboxylic acids is 1. The predicted molar refractivity (Wildman–Crippen MR) is 70.6 cm³/mol. The molecular formula is C11H9FN4O3S. The largest absolute Gasteiger partial charge is 0.478 e. The number of carboxylic acid groups (broad SMARTS) is 1. The second-order valence-corrected chi connectivity index (χ2v) is 4.47. The molecule has 0 atom stereocenters. The minimum absolute atomic E-state index is 0.142. The van der Waals surface area contributed by atoms with Gasteiger partial charge in [0.15, 0.2) is 0 Å². The molecule has 1 heterocycles. The van der Waals surface area contributed by atoms with Crippen LogP contribution >= 0.6 is 11.5 Å². The summed E-state index contributed by atoms with van der Waals surface area (Å²) in [5.41, 5.74) is -0.355. The quantitative estimate of drug-likeness (QED) is 0.806. The lowest BCUT2D eigenvalue weighted by molar-refractivity contribution is 0.0698. The van der Waals surface area contributed by atoms with Crippen molar-refractivity contribution in [3.63, 3.8) is 0 Å². The maximum absolute atomic E-state index is 13.1. The van der Waals surface area contributed by atoms with E-state index in [9.17, 15) is 14.0 Å². The fraction of sp³-hybridized carbons (Fsp3) is 0.0909. The summed E-state index contributed by atoms with van der Waals surface area (Å²) >= 11 is 0.979. The molecule has 0 fully saturated rings. The summed E-state index contributed by atoms with van der Waals surface area (Å²) in [5.74, 6) is -1.42. The van der Waals surface area contributed by atoms with Crippen LogP contribution < -0.4 is 10.6 Å². The molecule has 0 unspecified atom stereocenters. The number of aromatic nitrogens is 2. The Kier molecular flexibility index (Phi) is 3.89. The van der Waals surface area contributed by atoms with Gasteiger partial charge in [-0.05, 0) is 25.1 Å². The Morgan fingerprint density at radius 2 is 2.10 bits per heavy atom. The monoisotopic (exact) mass is 296 g/mol. The number of anilines is 2. The molecule has 3 N–H and O–H groups in total. The van der Waals surface area contributed by atoms with Crippen LogP contribution in [0.15, 0.2) is 18.2 Å². The van der Waals surface area contributed by atoms with Crippen molar-refractivity contribution in [2.24, 2.45) is 0 Å². The highest BCUT2D eigenvalue weighted by atomic mass is 32.1. The third-order valence-electron chi connectivity index (χ3n) is 2.21. The average molecular weight is 296 g/mol. The van der Waals surface area contributed by atoms with Gasteiger partial charge < -0.3 is 10.4 Å². The number of rotatable bonds is 3. The van der Waals surface area contributed by atoms with Crippen LogP contribution in [0.3, 0.4) is 0 Å². The second kappa shape index (κ2) is 5.61. The van der Waals surface area contributed by atoms with E-state index in [1.807, 2.05) is 0 Å². The first-order chi connectivity index (χ1) is 9.45. The molecule has 2 rings (SSSR count). The van der Waals surface area contributed by atoms with Gasteiger partial charge in [-0.3, -0.25) is 5.32 Å². The molecule has 0 bridgehead atoms. The van der Waals surface area contributed by atoms with Crippen LogP contribution in [-0.2, 0) is 0 Å². The van der Waals surface area contributed by atoms with Crippen molar-refractivity contribution in [2.75, 3.05) is 10.6 Å². The molecule has 0 aliphatic rings. The second-order valence-electron chi connectivity index (χ2n) is 3.72. The van der Waals surface area contributed by atoms with Crippen LogP contribution in [0.4, 0.5) is 20.0 Å². The van der Waals surface area contributed by atoms with Crippen LogP contribution in [0.2, 0.25) is 0 Å². The summed E-state index contributed by atoms with van der Waals surface area (Å²) in [6.45, 7) is 1.66. The van der Waals surface area contributed by atoms with Gasteiger partial charge in [0, 0.05) is 11.5 Å². The molecule has 104 valence electrons. The van der Waals surface area contributed by atoms with Crippen molar-refractivity contribution in [3.05, 3.63) is 35.4 Å². The summed E-state index contributed by atoms with van der Waals surface area (Å²) in [4.78, 5) is 26.6. The van der Waals surface area contributed by atoms with Gasteiger partial charge in [0.05, 0.1) is 11.3 Å². The lowest BCUT2D eigenvalue weighted by Gasteiger charge is -2.08. The molecule has 1 aromatic carbocycles. The molecule has 2 amide bonds. The van der Waals surface area contributed by atoms with Gasteiger partial charge in [0.1, 0.15) is 11.6 Å². The minimum atomic E-state index is -1.27. The Balaban J connectivity index is 2.15. The van der Waals surface area contributed by atoms with Gasteiger partial charge in [-0.15, -0.1) is 0 Å². The Morgan fingerprint density at radius 3 is 2.70 bits per heavy atom. The van der Waals surface area contributed by atoms with E-state index < -0.39 is 17.8 Å². The number of carbonyl (C=O) groups is 2. The lowest BCUT2D eigenvalue weighted by Crippen LogP contribution is -2.21. The standard InChI is InChI=1S/C11H9FN4O3S/c1-5-13-11(20-16-5)15-10(19)14-8-4-6(12)2-3-7(8)9(17)18/h2-4H,1H3,(H,17,18)(H2,13,14,15,16,19). The number of nitrogens with one attached hydrogen (secondary N) is 2. The number of halogens is 1. The Bertz CT molecular complexity index is 673.